The molecule has 2 aromatic rings. The van der Waals surface area contributed by atoms with Crippen molar-refractivity contribution >= 4 is 11.5 Å². The summed E-state index contributed by atoms with van der Waals surface area (Å²) in [6.45, 7) is 3.66. The lowest BCUT2D eigenvalue weighted by Crippen LogP contribution is -2.05. The minimum Gasteiger partial charge on any atom is -0.462 e. The summed E-state index contributed by atoms with van der Waals surface area (Å²) in [7, 11) is 0. The van der Waals surface area contributed by atoms with Gasteiger partial charge in [-0.2, -0.15) is 9.49 Å². The van der Waals surface area contributed by atoms with Crippen molar-refractivity contribution in [2.45, 2.75) is 13.8 Å². The van der Waals surface area contributed by atoms with Crippen LogP contribution in [0.4, 0.5) is 4.39 Å². The highest BCUT2D eigenvalue weighted by Crippen LogP contribution is 2.17. The van der Waals surface area contributed by atoms with Gasteiger partial charge in [-0.15, -0.1) is 0 Å². The predicted octanol–water partition coefficient (Wildman–Crippen LogP) is 1.96. The van der Waals surface area contributed by atoms with E-state index in [2.05, 4.69) is 5.10 Å². The number of hydrogen-bond donors (Lipinski definition) is 0. The summed E-state index contributed by atoms with van der Waals surface area (Å²) in [5.74, 6) is -0.975. The number of ether oxygens (including phenoxy) is 1. The first kappa shape index (κ1) is 10.6. The summed E-state index contributed by atoms with van der Waals surface area (Å²) in [5.41, 5.74) is 1.21. The zero-order valence-electron chi connectivity index (χ0n) is 9.03. The first-order valence-electron chi connectivity index (χ1n) is 4.96. The number of fused-ring (bicyclic) bond motifs is 1. The van der Waals surface area contributed by atoms with E-state index in [9.17, 15) is 9.18 Å². The van der Waals surface area contributed by atoms with Crippen LogP contribution in [-0.4, -0.2) is 22.2 Å². The van der Waals surface area contributed by atoms with E-state index in [-0.39, 0.29) is 6.61 Å². The van der Waals surface area contributed by atoms with Crippen LogP contribution in [0.5, 0.6) is 0 Å². The van der Waals surface area contributed by atoms with Gasteiger partial charge < -0.3 is 4.74 Å². The number of hydrogen-bond acceptors (Lipinski definition) is 3. The van der Waals surface area contributed by atoms with Crippen LogP contribution in [-0.2, 0) is 4.74 Å². The Morgan fingerprint density at radius 2 is 2.31 bits per heavy atom. The lowest BCUT2D eigenvalue weighted by Gasteiger charge is -2.00. The molecule has 0 bridgehead atoms. The molecule has 0 atom stereocenters. The minimum absolute atomic E-state index is 0.283. The summed E-state index contributed by atoms with van der Waals surface area (Å²) in [4.78, 5) is 11.7. The summed E-state index contributed by atoms with van der Waals surface area (Å²) in [5, 5.41) is 3.96. The molecule has 2 rings (SSSR count). The number of aryl methyl sites for hydroxylation is 1. The maximum absolute atomic E-state index is 13.4. The van der Waals surface area contributed by atoms with E-state index < -0.39 is 11.9 Å². The fraction of sp³-hybridized carbons (Fsp3) is 0.273. The highest BCUT2D eigenvalue weighted by atomic mass is 19.1. The molecule has 4 nitrogen and oxygen atoms in total. The third-order valence-electron chi connectivity index (χ3n) is 2.27. The molecule has 0 amide bonds. The first-order chi connectivity index (χ1) is 7.65. The van der Waals surface area contributed by atoms with Gasteiger partial charge >= 0.3 is 5.97 Å². The smallest absolute Gasteiger partial charge is 0.342 e. The van der Waals surface area contributed by atoms with Gasteiger partial charge in [0.25, 0.3) is 0 Å². The molecule has 0 spiro atoms. The Labute approximate surface area is 91.6 Å². The standard InChI is InChI=1S/C11H11FN2O2/c1-3-16-11(15)10-7(2)13-14-8(10)5-4-6-9(14)12/h4-6H,3H2,1-2H3. The van der Waals surface area contributed by atoms with Gasteiger partial charge in [0, 0.05) is 0 Å². The van der Waals surface area contributed by atoms with Crippen LogP contribution in [0.25, 0.3) is 5.52 Å². The highest BCUT2D eigenvalue weighted by molar-refractivity contribution is 5.98. The Hall–Kier alpha value is -1.91. The van der Waals surface area contributed by atoms with Gasteiger partial charge in [-0.3, -0.25) is 0 Å². The van der Waals surface area contributed by atoms with Gasteiger partial charge in [-0.05, 0) is 26.0 Å². The first-order valence-corrected chi connectivity index (χ1v) is 4.96. The quantitative estimate of drug-likeness (QED) is 0.576. The van der Waals surface area contributed by atoms with Crippen molar-refractivity contribution in [3.05, 3.63) is 35.4 Å². The lowest BCUT2D eigenvalue weighted by molar-refractivity contribution is 0.0528. The Morgan fingerprint density at radius 1 is 1.56 bits per heavy atom. The summed E-state index contributed by atoms with van der Waals surface area (Å²) >= 11 is 0. The number of carbonyl (C=O) groups excluding carboxylic acids is 1. The topological polar surface area (TPSA) is 43.6 Å². The van der Waals surface area contributed by atoms with Crippen molar-refractivity contribution in [1.29, 1.82) is 0 Å². The monoisotopic (exact) mass is 222 g/mol. The van der Waals surface area contributed by atoms with E-state index in [1.54, 1.807) is 19.9 Å². The molecular formula is C11H11FN2O2. The lowest BCUT2D eigenvalue weighted by atomic mass is 10.2. The fourth-order valence-corrected chi connectivity index (χ4v) is 1.61. The van der Waals surface area contributed by atoms with E-state index in [0.717, 1.165) is 4.52 Å². The SMILES string of the molecule is CCOC(=O)c1c(C)nn2c(F)cccc12. The third-order valence-corrected chi connectivity index (χ3v) is 2.27. The molecule has 84 valence electrons. The number of nitrogens with zero attached hydrogens (tertiary/aromatic N) is 2. The summed E-state index contributed by atoms with van der Waals surface area (Å²) in [6, 6.07) is 4.46. The van der Waals surface area contributed by atoms with E-state index >= 15 is 0 Å². The molecular weight excluding hydrogens is 211 g/mol. The Kier molecular flexibility index (Phi) is 2.60. The largest absolute Gasteiger partial charge is 0.462 e. The molecule has 0 saturated heterocycles. The van der Waals surface area contributed by atoms with Crippen LogP contribution < -0.4 is 0 Å². The number of carbonyl (C=O) groups is 1. The number of rotatable bonds is 2. The zero-order chi connectivity index (χ0) is 11.7. The third kappa shape index (κ3) is 1.54. The second-order valence-electron chi connectivity index (χ2n) is 3.33. The van der Waals surface area contributed by atoms with E-state index in [1.165, 1.54) is 12.1 Å². The van der Waals surface area contributed by atoms with Gasteiger partial charge in [0.15, 0.2) is 0 Å². The number of aromatic nitrogens is 2. The van der Waals surface area contributed by atoms with Crippen molar-refractivity contribution in [2.75, 3.05) is 6.61 Å². The number of pyridine rings is 1. The molecule has 2 heterocycles. The maximum atomic E-state index is 13.4. The van der Waals surface area contributed by atoms with Crippen LogP contribution in [0.15, 0.2) is 18.2 Å². The molecule has 0 fully saturated rings. The molecule has 16 heavy (non-hydrogen) atoms. The van der Waals surface area contributed by atoms with Gasteiger partial charge in [-0.25, -0.2) is 9.31 Å². The van der Waals surface area contributed by atoms with Gasteiger partial charge in [-0.1, -0.05) is 6.07 Å². The second-order valence-corrected chi connectivity index (χ2v) is 3.33. The van der Waals surface area contributed by atoms with Crippen molar-refractivity contribution in [1.82, 2.24) is 9.61 Å². The molecule has 0 N–H and O–H groups in total. The predicted molar refractivity (Wildman–Crippen MR) is 55.8 cm³/mol. The molecule has 0 radical (unpaired) electrons. The molecule has 2 aromatic heterocycles. The number of halogens is 1. The normalized spacial score (nSPS) is 10.7. The van der Waals surface area contributed by atoms with Crippen molar-refractivity contribution in [3.63, 3.8) is 0 Å². The van der Waals surface area contributed by atoms with Crippen LogP contribution in [0.1, 0.15) is 23.0 Å². The van der Waals surface area contributed by atoms with Crippen molar-refractivity contribution in [3.8, 4) is 0 Å². The molecule has 0 aromatic carbocycles. The van der Waals surface area contributed by atoms with Crippen LogP contribution in [0.2, 0.25) is 0 Å². The zero-order valence-corrected chi connectivity index (χ0v) is 9.03. The van der Waals surface area contributed by atoms with Crippen LogP contribution >= 0.6 is 0 Å². The Morgan fingerprint density at radius 3 is 3.00 bits per heavy atom. The van der Waals surface area contributed by atoms with Crippen LogP contribution in [0.3, 0.4) is 0 Å². The Bertz CT molecular complexity index is 548. The maximum Gasteiger partial charge on any atom is 0.342 e. The van der Waals surface area contributed by atoms with Gasteiger partial charge in [0.2, 0.25) is 5.95 Å². The molecule has 5 heteroatoms. The van der Waals surface area contributed by atoms with Crippen molar-refractivity contribution < 1.29 is 13.9 Å². The highest BCUT2D eigenvalue weighted by Gasteiger charge is 2.19. The van der Waals surface area contributed by atoms with E-state index in [4.69, 9.17) is 4.74 Å². The Balaban J connectivity index is 2.65. The molecule has 0 aliphatic rings. The molecule has 0 unspecified atom stereocenters. The van der Waals surface area contributed by atoms with E-state index in [1.807, 2.05) is 0 Å². The molecule has 0 aliphatic carbocycles. The average Bonchev–Trinajstić information content (AvgIpc) is 2.56. The minimum atomic E-state index is -0.504. The molecule has 0 saturated carbocycles. The van der Waals surface area contributed by atoms with E-state index in [0.29, 0.717) is 16.8 Å². The number of esters is 1. The molecule has 0 aliphatic heterocycles. The summed E-state index contributed by atoms with van der Waals surface area (Å²) in [6.07, 6.45) is 0. The van der Waals surface area contributed by atoms with Crippen molar-refractivity contribution in [2.24, 2.45) is 0 Å². The second kappa shape index (κ2) is 3.92. The van der Waals surface area contributed by atoms with Crippen LogP contribution in [0, 0.1) is 12.9 Å². The summed E-state index contributed by atoms with van der Waals surface area (Å²) < 4.78 is 19.4. The average molecular weight is 222 g/mol. The fourth-order valence-electron chi connectivity index (χ4n) is 1.61. The van der Waals surface area contributed by atoms with Gasteiger partial charge in [0.1, 0.15) is 5.56 Å². The van der Waals surface area contributed by atoms with Gasteiger partial charge in [0.05, 0.1) is 17.8 Å².